The molecule has 1 aliphatic heterocycles. The molecule has 1 fully saturated rings. The van der Waals surface area contributed by atoms with Gasteiger partial charge in [-0.05, 0) is 12.8 Å². The molecular formula is C12H20ClN3O. The quantitative estimate of drug-likeness (QED) is 0.535. The van der Waals surface area contributed by atoms with Gasteiger partial charge in [0, 0.05) is 51.4 Å². The topological polar surface area (TPSA) is 47.3 Å². The molecule has 0 radical (unpaired) electrons. The van der Waals surface area contributed by atoms with Gasteiger partial charge in [0.05, 0.1) is 6.07 Å². The molecule has 1 saturated heterocycles. The first-order valence-electron chi connectivity index (χ1n) is 6.21. The SMILES string of the molecule is N#CCCN1CCN(C(=O)CCCCCl)CC1. The van der Waals surface area contributed by atoms with Crippen LogP contribution in [-0.4, -0.2) is 54.3 Å². The standard InChI is InChI=1S/C12H20ClN3O/c13-5-2-1-4-12(17)16-10-8-15(9-11-16)7-3-6-14/h1-5,7-11H2. The average Bonchev–Trinajstić information content (AvgIpc) is 2.37. The van der Waals surface area contributed by atoms with Crippen molar-refractivity contribution in [2.24, 2.45) is 0 Å². The molecule has 1 amide bonds. The summed E-state index contributed by atoms with van der Waals surface area (Å²) in [5, 5.41) is 8.51. The molecule has 0 bridgehead atoms. The molecular weight excluding hydrogens is 238 g/mol. The number of carbonyl (C=O) groups excluding carboxylic acids is 1. The second-order valence-corrected chi connectivity index (χ2v) is 4.65. The zero-order valence-corrected chi connectivity index (χ0v) is 11.0. The number of piperazine rings is 1. The van der Waals surface area contributed by atoms with Gasteiger partial charge in [0.2, 0.25) is 5.91 Å². The summed E-state index contributed by atoms with van der Waals surface area (Å²) >= 11 is 5.58. The van der Waals surface area contributed by atoms with E-state index < -0.39 is 0 Å². The predicted molar refractivity (Wildman–Crippen MR) is 67.8 cm³/mol. The number of unbranched alkanes of at least 4 members (excludes halogenated alkanes) is 1. The summed E-state index contributed by atoms with van der Waals surface area (Å²) in [6.45, 7) is 4.20. The van der Waals surface area contributed by atoms with E-state index in [0.717, 1.165) is 45.6 Å². The van der Waals surface area contributed by atoms with Gasteiger partial charge < -0.3 is 4.90 Å². The fourth-order valence-electron chi connectivity index (χ4n) is 1.96. The molecule has 1 aliphatic rings. The number of carbonyl (C=O) groups is 1. The molecule has 4 nitrogen and oxygen atoms in total. The molecule has 5 heteroatoms. The van der Waals surface area contributed by atoms with Crippen molar-refractivity contribution >= 4 is 17.5 Å². The summed E-state index contributed by atoms with van der Waals surface area (Å²) < 4.78 is 0. The van der Waals surface area contributed by atoms with Crippen LogP contribution in [0.3, 0.4) is 0 Å². The van der Waals surface area contributed by atoms with Gasteiger partial charge in [0.15, 0.2) is 0 Å². The van der Waals surface area contributed by atoms with Gasteiger partial charge in [-0.15, -0.1) is 11.6 Å². The number of hydrogen-bond donors (Lipinski definition) is 0. The van der Waals surface area contributed by atoms with Crippen LogP contribution in [0.25, 0.3) is 0 Å². The minimum Gasteiger partial charge on any atom is -0.340 e. The van der Waals surface area contributed by atoms with E-state index in [1.807, 2.05) is 4.90 Å². The summed E-state index contributed by atoms with van der Waals surface area (Å²) in [5.74, 6) is 0.880. The molecule has 0 aromatic heterocycles. The lowest BCUT2D eigenvalue weighted by Gasteiger charge is -2.34. The number of halogens is 1. The van der Waals surface area contributed by atoms with Crippen LogP contribution >= 0.6 is 11.6 Å². The summed E-state index contributed by atoms with van der Waals surface area (Å²) in [6.07, 6.45) is 2.99. The van der Waals surface area contributed by atoms with Crippen molar-refractivity contribution in [2.75, 3.05) is 38.6 Å². The predicted octanol–water partition coefficient (Wildman–Crippen LogP) is 1.45. The number of nitriles is 1. The molecule has 0 aromatic rings. The first kappa shape index (κ1) is 14.3. The minimum absolute atomic E-state index is 0.245. The fourth-order valence-corrected chi connectivity index (χ4v) is 2.15. The molecule has 96 valence electrons. The molecule has 0 atom stereocenters. The molecule has 0 unspecified atom stereocenters. The lowest BCUT2D eigenvalue weighted by atomic mass is 10.2. The van der Waals surface area contributed by atoms with Crippen molar-refractivity contribution in [2.45, 2.75) is 25.7 Å². The Bertz CT molecular complexity index is 269. The van der Waals surface area contributed by atoms with Crippen LogP contribution in [0.15, 0.2) is 0 Å². The maximum atomic E-state index is 11.8. The van der Waals surface area contributed by atoms with Crippen LogP contribution in [0, 0.1) is 11.3 Å². The molecule has 0 saturated carbocycles. The third kappa shape index (κ3) is 5.38. The normalized spacial score (nSPS) is 16.8. The van der Waals surface area contributed by atoms with Gasteiger partial charge in [0.1, 0.15) is 0 Å². The van der Waals surface area contributed by atoms with Gasteiger partial charge in [0.25, 0.3) is 0 Å². The molecule has 0 aliphatic carbocycles. The van der Waals surface area contributed by atoms with Crippen LogP contribution in [0.2, 0.25) is 0 Å². The van der Waals surface area contributed by atoms with Gasteiger partial charge >= 0.3 is 0 Å². The zero-order valence-electron chi connectivity index (χ0n) is 10.2. The Kier molecular flexibility index (Phi) is 6.99. The van der Waals surface area contributed by atoms with Gasteiger partial charge in [-0.3, -0.25) is 9.69 Å². The Labute approximate surface area is 108 Å². The van der Waals surface area contributed by atoms with Crippen molar-refractivity contribution in [1.82, 2.24) is 9.80 Å². The van der Waals surface area contributed by atoms with Gasteiger partial charge in [-0.25, -0.2) is 0 Å². The first-order chi connectivity index (χ1) is 8.27. The lowest BCUT2D eigenvalue weighted by molar-refractivity contribution is -0.133. The Hall–Kier alpha value is -0.790. The summed E-state index contributed by atoms with van der Waals surface area (Å²) in [6, 6.07) is 2.15. The fraction of sp³-hybridized carbons (Fsp3) is 0.833. The average molecular weight is 258 g/mol. The van der Waals surface area contributed by atoms with E-state index >= 15 is 0 Å². The highest BCUT2D eigenvalue weighted by molar-refractivity contribution is 6.17. The molecule has 0 spiro atoms. The van der Waals surface area contributed by atoms with Crippen LogP contribution in [0.4, 0.5) is 0 Å². The van der Waals surface area contributed by atoms with Gasteiger partial charge in [-0.1, -0.05) is 0 Å². The summed E-state index contributed by atoms with van der Waals surface area (Å²) in [4.78, 5) is 16.0. The van der Waals surface area contributed by atoms with Crippen molar-refractivity contribution in [3.8, 4) is 6.07 Å². The smallest absolute Gasteiger partial charge is 0.222 e. The van der Waals surface area contributed by atoms with E-state index in [2.05, 4.69) is 11.0 Å². The molecule has 1 heterocycles. The maximum Gasteiger partial charge on any atom is 0.222 e. The maximum absolute atomic E-state index is 11.8. The Morgan fingerprint density at radius 1 is 1.24 bits per heavy atom. The number of alkyl halides is 1. The second-order valence-electron chi connectivity index (χ2n) is 4.28. The number of nitrogens with zero attached hydrogens (tertiary/aromatic N) is 3. The third-order valence-corrected chi connectivity index (χ3v) is 3.31. The number of amides is 1. The Balaban J connectivity index is 2.17. The van der Waals surface area contributed by atoms with Crippen LogP contribution in [0.1, 0.15) is 25.7 Å². The largest absolute Gasteiger partial charge is 0.340 e. The van der Waals surface area contributed by atoms with Crippen LogP contribution in [-0.2, 0) is 4.79 Å². The second kappa shape index (κ2) is 8.32. The number of rotatable bonds is 6. The molecule has 0 N–H and O–H groups in total. The first-order valence-corrected chi connectivity index (χ1v) is 6.74. The van der Waals surface area contributed by atoms with Crippen molar-refractivity contribution in [3.05, 3.63) is 0 Å². The molecule has 17 heavy (non-hydrogen) atoms. The zero-order chi connectivity index (χ0) is 12.5. The highest BCUT2D eigenvalue weighted by atomic mass is 35.5. The summed E-state index contributed by atoms with van der Waals surface area (Å²) in [7, 11) is 0. The molecule has 0 aromatic carbocycles. The van der Waals surface area contributed by atoms with E-state index in [-0.39, 0.29) is 5.91 Å². The van der Waals surface area contributed by atoms with Crippen molar-refractivity contribution in [1.29, 1.82) is 5.26 Å². The van der Waals surface area contributed by atoms with Gasteiger partial charge in [-0.2, -0.15) is 5.26 Å². The van der Waals surface area contributed by atoms with E-state index in [1.165, 1.54) is 0 Å². The number of hydrogen-bond acceptors (Lipinski definition) is 3. The van der Waals surface area contributed by atoms with E-state index in [9.17, 15) is 4.79 Å². The van der Waals surface area contributed by atoms with Crippen LogP contribution < -0.4 is 0 Å². The monoisotopic (exact) mass is 257 g/mol. The Morgan fingerprint density at radius 3 is 2.53 bits per heavy atom. The minimum atomic E-state index is 0.245. The van der Waals surface area contributed by atoms with Crippen LogP contribution in [0.5, 0.6) is 0 Å². The van der Waals surface area contributed by atoms with E-state index in [1.54, 1.807) is 0 Å². The highest BCUT2D eigenvalue weighted by Gasteiger charge is 2.19. The molecule has 1 rings (SSSR count). The highest BCUT2D eigenvalue weighted by Crippen LogP contribution is 2.07. The lowest BCUT2D eigenvalue weighted by Crippen LogP contribution is -2.48. The van der Waals surface area contributed by atoms with E-state index in [0.29, 0.717) is 18.7 Å². The van der Waals surface area contributed by atoms with Crippen molar-refractivity contribution in [3.63, 3.8) is 0 Å². The summed E-state index contributed by atoms with van der Waals surface area (Å²) in [5.41, 5.74) is 0. The third-order valence-electron chi connectivity index (χ3n) is 3.04. The van der Waals surface area contributed by atoms with Crippen molar-refractivity contribution < 1.29 is 4.79 Å². The Morgan fingerprint density at radius 2 is 1.94 bits per heavy atom. The van der Waals surface area contributed by atoms with E-state index in [4.69, 9.17) is 16.9 Å².